The standard InChI is InChI=1S/C13H23N5O2/c1-4-13(3)8-17(5-6-20-13)12(19)16-11(2)7-18-10-14-9-15-18/h9-11H,4-8H2,1-3H3,(H,16,19)/t11-,13+/m1/s1. The van der Waals surface area contributed by atoms with Crippen LogP contribution in [0.1, 0.15) is 27.2 Å². The molecule has 7 heteroatoms. The van der Waals surface area contributed by atoms with Gasteiger partial charge in [0.05, 0.1) is 25.3 Å². The van der Waals surface area contributed by atoms with Crippen molar-refractivity contribution in [1.82, 2.24) is 25.0 Å². The Hall–Kier alpha value is -1.63. The predicted octanol–water partition coefficient (Wildman–Crippen LogP) is 0.877. The lowest BCUT2D eigenvalue weighted by Crippen LogP contribution is -2.55. The fourth-order valence-electron chi connectivity index (χ4n) is 2.27. The minimum atomic E-state index is -0.231. The van der Waals surface area contributed by atoms with Gasteiger partial charge in [-0.2, -0.15) is 5.10 Å². The molecule has 2 atom stereocenters. The van der Waals surface area contributed by atoms with E-state index in [1.165, 1.54) is 6.33 Å². The maximum absolute atomic E-state index is 12.3. The van der Waals surface area contributed by atoms with E-state index in [1.54, 1.807) is 11.0 Å². The molecule has 1 fully saturated rings. The summed E-state index contributed by atoms with van der Waals surface area (Å²) in [5.41, 5.74) is -0.231. The Morgan fingerprint density at radius 1 is 1.60 bits per heavy atom. The number of nitrogens with one attached hydrogen (secondary N) is 1. The van der Waals surface area contributed by atoms with Gasteiger partial charge in [0, 0.05) is 12.6 Å². The van der Waals surface area contributed by atoms with E-state index in [-0.39, 0.29) is 17.7 Å². The van der Waals surface area contributed by atoms with E-state index in [0.717, 1.165) is 6.42 Å². The molecule has 0 spiro atoms. The Morgan fingerprint density at radius 3 is 3.05 bits per heavy atom. The molecule has 2 rings (SSSR count). The number of hydrogen-bond donors (Lipinski definition) is 1. The van der Waals surface area contributed by atoms with Crippen LogP contribution in [0.15, 0.2) is 12.7 Å². The van der Waals surface area contributed by atoms with Crippen LogP contribution in [0.5, 0.6) is 0 Å². The van der Waals surface area contributed by atoms with Crippen molar-refractivity contribution in [2.45, 2.75) is 45.4 Å². The molecule has 112 valence electrons. The van der Waals surface area contributed by atoms with Crippen LogP contribution in [0.4, 0.5) is 4.79 Å². The van der Waals surface area contributed by atoms with Gasteiger partial charge in [-0.3, -0.25) is 4.68 Å². The molecular formula is C13H23N5O2. The number of amides is 2. The number of carbonyl (C=O) groups is 1. The zero-order valence-electron chi connectivity index (χ0n) is 12.4. The van der Waals surface area contributed by atoms with Crippen LogP contribution < -0.4 is 5.32 Å². The highest BCUT2D eigenvalue weighted by molar-refractivity contribution is 5.74. The normalized spacial score (nSPS) is 24.4. The number of morpholine rings is 1. The van der Waals surface area contributed by atoms with Crippen molar-refractivity contribution < 1.29 is 9.53 Å². The van der Waals surface area contributed by atoms with Gasteiger partial charge in [-0.1, -0.05) is 6.92 Å². The molecule has 0 bridgehead atoms. The van der Waals surface area contributed by atoms with Crippen molar-refractivity contribution in [3.05, 3.63) is 12.7 Å². The van der Waals surface area contributed by atoms with Gasteiger partial charge in [0.1, 0.15) is 12.7 Å². The smallest absolute Gasteiger partial charge is 0.317 e. The van der Waals surface area contributed by atoms with E-state index in [9.17, 15) is 4.79 Å². The summed E-state index contributed by atoms with van der Waals surface area (Å²) in [6.45, 7) is 8.55. The summed E-state index contributed by atoms with van der Waals surface area (Å²) in [5, 5.41) is 7.03. The lowest BCUT2D eigenvalue weighted by Gasteiger charge is -2.40. The SMILES string of the molecule is CC[C@@]1(C)CN(C(=O)N[C@H](C)Cn2cncn2)CCO1. The van der Waals surface area contributed by atoms with Crippen molar-refractivity contribution in [2.24, 2.45) is 0 Å². The molecule has 2 heterocycles. The molecule has 1 saturated heterocycles. The zero-order valence-corrected chi connectivity index (χ0v) is 12.4. The summed E-state index contributed by atoms with van der Waals surface area (Å²) in [4.78, 5) is 18.0. The minimum Gasteiger partial charge on any atom is -0.372 e. The lowest BCUT2D eigenvalue weighted by molar-refractivity contribution is -0.0874. The molecule has 1 aliphatic heterocycles. The fraction of sp³-hybridized carbons (Fsp3) is 0.769. The van der Waals surface area contributed by atoms with Gasteiger partial charge in [0.25, 0.3) is 0 Å². The second kappa shape index (κ2) is 6.21. The minimum absolute atomic E-state index is 0.0000671. The molecule has 0 aliphatic carbocycles. The first-order valence-electron chi connectivity index (χ1n) is 7.04. The van der Waals surface area contributed by atoms with Crippen molar-refractivity contribution in [1.29, 1.82) is 0 Å². The quantitative estimate of drug-likeness (QED) is 0.889. The molecular weight excluding hydrogens is 258 g/mol. The van der Waals surface area contributed by atoms with E-state index in [0.29, 0.717) is 26.2 Å². The largest absolute Gasteiger partial charge is 0.372 e. The van der Waals surface area contributed by atoms with Crippen molar-refractivity contribution >= 4 is 6.03 Å². The average Bonchev–Trinajstić information content (AvgIpc) is 2.91. The number of rotatable bonds is 4. The summed E-state index contributed by atoms with van der Waals surface area (Å²) < 4.78 is 7.45. The Labute approximate surface area is 119 Å². The molecule has 0 radical (unpaired) electrons. The molecule has 20 heavy (non-hydrogen) atoms. The van der Waals surface area contributed by atoms with Crippen LogP contribution in [0.3, 0.4) is 0 Å². The number of ether oxygens (including phenoxy) is 1. The van der Waals surface area contributed by atoms with E-state index < -0.39 is 0 Å². The van der Waals surface area contributed by atoms with E-state index in [1.807, 2.05) is 18.7 Å². The number of hydrogen-bond acceptors (Lipinski definition) is 4. The number of urea groups is 1. The molecule has 0 saturated carbocycles. The van der Waals surface area contributed by atoms with E-state index >= 15 is 0 Å². The molecule has 1 N–H and O–H groups in total. The van der Waals surface area contributed by atoms with E-state index in [2.05, 4.69) is 22.3 Å². The van der Waals surface area contributed by atoms with Gasteiger partial charge in [-0.15, -0.1) is 0 Å². The van der Waals surface area contributed by atoms with Gasteiger partial charge in [-0.25, -0.2) is 9.78 Å². The molecule has 0 unspecified atom stereocenters. The predicted molar refractivity (Wildman–Crippen MR) is 74.2 cm³/mol. The van der Waals surface area contributed by atoms with Crippen LogP contribution in [0.2, 0.25) is 0 Å². The fourth-order valence-corrected chi connectivity index (χ4v) is 2.27. The number of aromatic nitrogens is 3. The van der Waals surface area contributed by atoms with Gasteiger partial charge in [0.2, 0.25) is 0 Å². The summed E-state index contributed by atoms with van der Waals surface area (Å²) in [6.07, 6.45) is 4.03. The lowest BCUT2D eigenvalue weighted by atomic mass is 10.0. The Balaban J connectivity index is 1.84. The molecule has 7 nitrogen and oxygen atoms in total. The highest BCUT2D eigenvalue weighted by Gasteiger charge is 2.32. The van der Waals surface area contributed by atoms with Gasteiger partial charge in [0.15, 0.2) is 0 Å². The first-order chi connectivity index (χ1) is 9.52. The van der Waals surface area contributed by atoms with Gasteiger partial charge >= 0.3 is 6.03 Å². The monoisotopic (exact) mass is 281 g/mol. The van der Waals surface area contributed by atoms with Crippen LogP contribution in [0, 0.1) is 0 Å². The maximum atomic E-state index is 12.3. The Bertz CT molecular complexity index is 436. The average molecular weight is 281 g/mol. The third-order valence-electron chi connectivity index (χ3n) is 3.67. The summed E-state index contributed by atoms with van der Waals surface area (Å²) in [6, 6.07) is -0.0412. The summed E-state index contributed by atoms with van der Waals surface area (Å²) in [7, 11) is 0. The molecule has 1 aromatic heterocycles. The van der Waals surface area contributed by atoms with E-state index in [4.69, 9.17) is 4.74 Å². The van der Waals surface area contributed by atoms with Crippen LogP contribution >= 0.6 is 0 Å². The number of nitrogens with zero attached hydrogens (tertiary/aromatic N) is 4. The Morgan fingerprint density at radius 2 is 2.40 bits per heavy atom. The molecule has 2 amide bonds. The zero-order chi connectivity index (χ0) is 14.6. The first kappa shape index (κ1) is 14.8. The highest BCUT2D eigenvalue weighted by Crippen LogP contribution is 2.20. The van der Waals surface area contributed by atoms with Crippen molar-refractivity contribution in [3.8, 4) is 0 Å². The molecule has 1 aromatic rings. The summed E-state index contributed by atoms with van der Waals surface area (Å²) in [5.74, 6) is 0. The van der Waals surface area contributed by atoms with Crippen LogP contribution in [-0.2, 0) is 11.3 Å². The second-order valence-electron chi connectivity index (χ2n) is 5.54. The Kier molecular flexibility index (Phi) is 4.59. The summed E-state index contributed by atoms with van der Waals surface area (Å²) >= 11 is 0. The van der Waals surface area contributed by atoms with Gasteiger partial charge < -0.3 is 15.0 Å². The van der Waals surface area contributed by atoms with Gasteiger partial charge in [-0.05, 0) is 20.3 Å². The van der Waals surface area contributed by atoms with Crippen molar-refractivity contribution in [3.63, 3.8) is 0 Å². The highest BCUT2D eigenvalue weighted by atomic mass is 16.5. The molecule has 0 aromatic carbocycles. The van der Waals surface area contributed by atoms with Crippen LogP contribution in [0.25, 0.3) is 0 Å². The second-order valence-corrected chi connectivity index (χ2v) is 5.54. The van der Waals surface area contributed by atoms with Crippen LogP contribution in [-0.4, -0.2) is 57.0 Å². The third kappa shape index (κ3) is 3.69. The number of carbonyl (C=O) groups excluding carboxylic acids is 1. The third-order valence-corrected chi connectivity index (χ3v) is 3.67. The first-order valence-corrected chi connectivity index (χ1v) is 7.04. The topological polar surface area (TPSA) is 72.3 Å². The maximum Gasteiger partial charge on any atom is 0.317 e. The van der Waals surface area contributed by atoms with Crippen molar-refractivity contribution in [2.75, 3.05) is 19.7 Å². The molecule has 1 aliphatic rings.